The van der Waals surface area contributed by atoms with Crippen LogP contribution in [0.3, 0.4) is 0 Å². The molecular formula is C19H11Cl4N3. The van der Waals surface area contributed by atoms with Gasteiger partial charge in [0.05, 0.1) is 33.3 Å². The first-order valence-corrected chi connectivity index (χ1v) is 8.97. The van der Waals surface area contributed by atoms with Gasteiger partial charge < -0.3 is 0 Å². The molecule has 0 saturated heterocycles. The number of hydrogen-bond acceptors (Lipinski definition) is 3. The fourth-order valence-corrected chi connectivity index (χ4v) is 3.00. The zero-order chi connectivity index (χ0) is 18.5. The van der Waals surface area contributed by atoms with Crippen molar-refractivity contribution in [2.75, 3.05) is 0 Å². The Bertz CT molecular complexity index is 919. The van der Waals surface area contributed by atoms with Gasteiger partial charge in [0.2, 0.25) is 0 Å². The molecule has 0 radical (unpaired) electrons. The molecule has 7 heteroatoms. The Balaban J connectivity index is 1.88. The molecule has 130 valence electrons. The van der Waals surface area contributed by atoms with Gasteiger partial charge in [0.15, 0.2) is 0 Å². The fraction of sp³-hybridized carbons (Fsp3) is 0. The van der Waals surface area contributed by atoms with E-state index in [2.05, 4.69) is 15.0 Å². The van der Waals surface area contributed by atoms with E-state index in [1.165, 1.54) is 0 Å². The molecule has 3 rings (SSSR count). The molecular weight excluding hydrogens is 412 g/mol. The number of aromatic nitrogens is 1. The van der Waals surface area contributed by atoms with Crippen molar-refractivity contribution in [2.24, 2.45) is 9.98 Å². The third-order valence-electron chi connectivity index (χ3n) is 3.36. The van der Waals surface area contributed by atoms with Crippen molar-refractivity contribution >= 4 is 70.2 Å². The molecule has 0 unspecified atom stereocenters. The Morgan fingerprint density at radius 1 is 0.731 bits per heavy atom. The molecule has 3 nitrogen and oxygen atoms in total. The number of aliphatic imine (C=N–C) groups is 2. The molecule has 0 bridgehead atoms. The first-order valence-electron chi connectivity index (χ1n) is 7.46. The molecule has 0 amide bonds. The summed E-state index contributed by atoms with van der Waals surface area (Å²) in [5.74, 6) is 0. The lowest BCUT2D eigenvalue weighted by Gasteiger charge is -2.02. The van der Waals surface area contributed by atoms with Crippen LogP contribution in [0, 0.1) is 0 Å². The molecule has 0 aliphatic rings. The number of hydrogen-bond donors (Lipinski definition) is 0. The van der Waals surface area contributed by atoms with Gasteiger partial charge in [-0.2, -0.15) is 0 Å². The minimum absolute atomic E-state index is 0.466. The highest BCUT2D eigenvalue weighted by atomic mass is 35.5. The second-order valence-electron chi connectivity index (χ2n) is 5.19. The van der Waals surface area contributed by atoms with Crippen molar-refractivity contribution in [1.82, 2.24) is 4.98 Å². The molecule has 2 aromatic carbocycles. The molecule has 3 aromatic rings. The molecule has 1 aromatic heterocycles. The highest BCUT2D eigenvalue weighted by Crippen LogP contribution is 2.29. The maximum atomic E-state index is 6.14. The van der Waals surface area contributed by atoms with Crippen molar-refractivity contribution in [1.29, 1.82) is 0 Å². The minimum Gasteiger partial charge on any atom is -0.255 e. The van der Waals surface area contributed by atoms with E-state index in [0.29, 0.717) is 37.2 Å². The van der Waals surface area contributed by atoms with Gasteiger partial charge in [0, 0.05) is 28.0 Å². The number of benzene rings is 2. The first-order chi connectivity index (χ1) is 12.5. The largest absolute Gasteiger partial charge is 0.255 e. The highest BCUT2D eigenvalue weighted by Gasteiger charge is 2.03. The van der Waals surface area contributed by atoms with Crippen LogP contribution in [0.4, 0.5) is 11.4 Å². The van der Waals surface area contributed by atoms with Gasteiger partial charge in [-0.3, -0.25) is 15.0 Å². The van der Waals surface area contributed by atoms with Crippen molar-refractivity contribution in [2.45, 2.75) is 0 Å². The third-order valence-corrected chi connectivity index (χ3v) is 4.43. The quantitative estimate of drug-likeness (QED) is 0.409. The molecule has 0 fully saturated rings. The Morgan fingerprint density at radius 3 is 1.88 bits per heavy atom. The van der Waals surface area contributed by atoms with E-state index in [1.54, 1.807) is 55.0 Å². The normalized spacial score (nSPS) is 11.5. The molecule has 0 N–H and O–H groups in total. The van der Waals surface area contributed by atoms with Crippen LogP contribution in [0.1, 0.15) is 11.3 Å². The number of nitrogens with zero attached hydrogens (tertiary/aromatic N) is 3. The minimum atomic E-state index is 0.466. The second kappa shape index (κ2) is 8.65. The zero-order valence-electron chi connectivity index (χ0n) is 13.2. The lowest BCUT2D eigenvalue weighted by molar-refractivity contribution is 1.29. The summed E-state index contributed by atoms with van der Waals surface area (Å²) in [6, 6.07) is 13.9. The average molecular weight is 423 g/mol. The third kappa shape index (κ3) is 4.83. The summed E-state index contributed by atoms with van der Waals surface area (Å²) in [6.45, 7) is 0. The van der Waals surface area contributed by atoms with Gasteiger partial charge >= 0.3 is 0 Å². The lowest BCUT2D eigenvalue weighted by atomic mass is 10.2. The fourth-order valence-electron chi connectivity index (χ4n) is 2.09. The van der Waals surface area contributed by atoms with Gasteiger partial charge in [-0.15, -0.1) is 0 Å². The Labute approximate surface area is 170 Å². The Kier molecular flexibility index (Phi) is 6.28. The standard InChI is InChI=1S/C19H11Cl4N3/c20-13-3-5-17(15(22)8-13)25-10-12-2-1-7-24-19(12)11-26-18-6-4-14(21)9-16(18)23/h1-11H. The predicted molar refractivity (Wildman–Crippen MR) is 112 cm³/mol. The van der Waals surface area contributed by atoms with Crippen LogP contribution in [-0.4, -0.2) is 17.4 Å². The van der Waals surface area contributed by atoms with Crippen molar-refractivity contribution in [3.05, 3.63) is 86.1 Å². The van der Waals surface area contributed by atoms with Gasteiger partial charge in [0.25, 0.3) is 0 Å². The summed E-state index contributed by atoms with van der Waals surface area (Å²) in [5, 5.41) is 2.05. The summed E-state index contributed by atoms with van der Waals surface area (Å²) in [5.41, 5.74) is 2.65. The molecule has 0 atom stereocenters. The van der Waals surface area contributed by atoms with Crippen molar-refractivity contribution in [3.63, 3.8) is 0 Å². The van der Waals surface area contributed by atoms with E-state index in [-0.39, 0.29) is 0 Å². The molecule has 0 aliphatic carbocycles. The van der Waals surface area contributed by atoms with E-state index in [4.69, 9.17) is 46.4 Å². The van der Waals surface area contributed by atoms with E-state index < -0.39 is 0 Å². The molecule has 1 heterocycles. The van der Waals surface area contributed by atoms with E-state index >= 15 is 0 Å². The van der Waals surface area contributed by atoms with Crippen molar-refractivity contribution < 1.29 is 0 Å². The highest BCUT2D eigenvalue weighted by molar-refractivity contribution is 6.36. The monoisotopic (exact) mass is 421 g/mol. The number of pyridine rings is 1. The van der Waals surface area contributed by atoms with Gasteiger partial charge in [-0.05, 0) is 48.5 Å². The molecule has 0 saturated carbocycles. The predicted octanol–water partition coefficient (Wildman–Crippen LogP) is 7.20. The topological polar surface area (TPSA) is 37.6 Å². The number of rotatable bonds is 4. The average Bonchev–Trinajstić information content (AvgIpc) is 2.61. The van der Waals surface area contributed by atoms with Crippen LogP contribution < -0.4 is 0 Å². The summed E-state index contributed by atoms with van der Waals surface area (Å²) in [4.78, 5) is 13.1. The Morgan fingerprint density at radius 2 is 1.31 bits per heavy atom. The SMILES string of the molecule is Clc1ccc(N=Cc2cccnc2C=Nc2ccc(Cl)cc2Cl)c(Cl)c1. The van der Waals surface area contributed by atoms with E-state index in [0.717, 1.165) is 5.56 Å². The summed E-state index contributed by atoms with van der Waals surface area (Å²) >= 11 is 24.1. The van der Waals surface area contributed by atoms with Crippen LogP contribution in [0.5, 0.6) is 0 Å². The molecule has 0 spiro atoms. The van der Waals surface area contributed by atoms with Crippen LogP contribution in [0.2, 0.25) is 20.1 Å². The summed E-state index contributed by atoms with van der Waals surface area (Å²) in [6.07, 6.45) is 4.98. The summed E-state index contributed by atoms with van der Waals surface area (Å²) < 4.78 is 0. The van der Waals surface area contributed by atoms with E-state index in [1.807, 2.05) is 12.1 Å². The molecule has 0 aliphatic heterocycles. The lowest BCUT2D eigenvalue weighted by Crippen LogP contribution is -1.95. The van der Waals surface area contributed by atoms with Gasteiger partial charge in [0.1, 0.15) is 0 Å². The van der Waals surface area contributed by atoms with Crippen molar-refractivity contribution in [3.8, 4) is 0 Å². The van der Waals surface area contributed by atoms with Gasteiger partial charge in [-0.1, -0.05) is 46.4 Å². The van der Waals surface area contributed by atoms with E-state index in [9.17, 15) is 0 Å². The summed E-state index contributed by atoms with van der Waals surface area (Å²) in [7, 11) is 0. The van der Waals surface area contributed by atoms with Crippen LogP contribution >= 0.6 is 46.4 Å². The van der Waals surface area contributed by atoms with Crippen LogP contribution in [0.25, 0.3) is 0 Å². The Hall–Kier alpha value is -1.91. The van der Waals surface area contributed by atoms with Gasteiger partial charge in [-0.25, -0.2) is 0 Å². The maximum absolute atomic E-state index is 6.14. The second-order valence-corrected chi connectivity index (χ2v) is 6.87. The molecule has 26 heavy (non-hydrogen) atoms. The number of halogens is 4. The zero-order valence-corrected chi connectivity index (χ0v) is 16.2. The first kappa shape index (κ1) is 18.9. The maximum Gasteiger partial charge on any atom is 0.0900 e. The van der Waals surface area contributed by atoms with Crippen LogP contribution in [-0.2, 0) is 0 Å². The van der Waals surface area contributed by atoms with Crippen LogP contribution in [0.15, 0.2) is 64.7 Å². The smallest absolute Gasteiger partial charge is 0.0900 e.